The molecule has 1 aliphatic carbocycles. The van der Waals surface area contributed by atoms with Gasteiger partial charge in [0.05, 0.1) is 6.54 Å². The second-order valence-corrected chi connectivity index (χ2v) is 6.94. The number of carbonyl (C=O) groups is 1. The van der Waals surface area contributed by atoms with E-state index < -0.39 is 5.60 Å². The van der Waals surface area contributed by atoms with Gasteiger partial charge in [0.15, 0.2) is 0 Å². The molecule has 1 saturated carbocycles. The summed E-state index contributed by atoms with van der Waals surface area (Å²) in [6.45, 7) is 7.91. The first-order chi connectivity index (χ1) is 9.71. The minimum absolute atomic E-state index is 0.110. The summed E-state index contributed by atoms with van der Waals surface area (Å²) in [6.07, 6.45) is 3.27. The van der Waals surface area contributed by atoms with Gasteiger partial charge >= 0.3 is 6.03 Å². The number of aryl methyl sites for hydroxylation is 1. The molecular weight excluding hydrogens is 268 g/mol. The summed E-state index contributed by atoms with van der Waals surface area (Å²) in [4.78, 5) is 12.0. The van der Waals surface area contributed by atoms with E-state index in [9.17, 15) is 9.90 Å². The third-order valence-corrected chi connectivity index (χ3v) is 4.43. The van der Waals surface area contributed by atoms with Crippen LogP contribution in [0.2, 0.25) is 0 Å². The van der Waals surface area contributed by atoms with Crippen molar-refractivity contribution >= 4 is 6.03 Å². The summed E-state index contributed by atoms with van der Waals surface area (Å²) in [7, 11) is 0. The predicted octanol–water partition coefficient (Wildman–Crippen LogP) is 2.67. The van der Waals surface area contributed by atoms with Crippen molar-refractivity contribution in [1.29, 1.82) is 0 Å². The molecule has 1 aliphatic rings. The van der Waals surface area contributed by atoms with E-state index in [2.05, 4.69) is 24.5 Å². The van der Waals surface area contributed by atoms with Crippen molar-refractivity contribution in [3.8, 4) is 0 Å². The van der Waals surface area contributed by atoms with Gasteiger partial charge in [-0.2, -0.15) is 0 Å². The van der Waals surface area contributed by atoms with Crippen LogP contribution in [-0.2, 0) is 5.60 Å². The van der Waals surface area contributed by atoms with E-state index in [1.165, 1.54) is 0 Å². The van der Waals surface area contributed by atoms with Crippen molar-refractivity contribution in [2.75, 3.05) is 6.54 Å². The topological polar surface area (TPSA) is 74.5 Å². The standard InChI is InChI=1S/C16H26N2O3/c1-11-7-8-13(21-11)16(4,20)10-17-14(19)18-12-6-5-9-15(12,2)3/h7-8,12,20H,5-6,9-10H2,1-4H3,(H2,17,18,19). The van der Waals surface area contributed by atoms with Crippen LogP contribution in [0.1, 0.15) is 51.6 Å². The molecule has 5 nitrogen and oxygen atoms in total. The van der Waals surface area contributed by atoms with Gasteiger partial charge in [0, 0.05) is 6.04 Å². The van der Waals surface area contributed by atoms with Gasteiger partial charge in [-0.25, -0.2) is 4.79 Å². The van der Waals surface area contributed by atoms with Crippen molar-refractivity contribution in [2.24, 2.45) is 5.41 Å². The Labute approximate surface area is 126 Å². The first kappa shape index (κ1) is 15.9. The van der Waals surface area contributed by atoms with Crippen LogP contribution in [0.5, 0.6) is 0 Å². The maximum atomic E-state index is 12.0. The Morgan fingerprint density at radius 3 is 2.76 bits per heavy atom. The third kappa shape index (κ3) is 3.79. The highest BCUT2D eigenvalue weighted by Gasteiger charge is 2.35. The van der Waals surface area contributed by atoms with Crippen LogP contribution in [0, 0.1) is 12.3 Å². The van der Waals surface area contributed by atoms with E-state index >= 15 is 0 Å². The van der Waals surface area contributed by atoms with E-state index in [0.717, 1.165) is 25.0 Å². The van der Waals surface area contributed by atoms with Crippen molar-refractivity contribution in [2.45, 2.75) is 58.6 Å². The first-order valence-corrected chi connectivity index (χ1v) is 7.54. The number of amides is 2. The Kier molecular flexibility index (Phi) is 4.33. The average molecular weight is 294 g/mol. The molecule has 2 unspecified atom stereocenters. The smallest absolute Gasteiger partial charge is 0.315 e. The molecule has 0 aromatic carbocycles. The van der Waals surface area contributed by atoms with Gasteiger partial charge in [-0.3, -0.25) is 0 Å². The molecule has 5 heteroatoms. The lowest BCUT2D eigenvalue weighted by Gasteiger charge is -2.28. The second-order valence-electron chi connectivity index (χ2n) is 6.94. The second kappa shape index (κ2) is 5.72. The Balaban J connectivity index is 1.86. The molecule has 1 fully saturated rings. The molecule has 21 heavy (non-hydrogen) atoms. The SMILES string of the molecule is Cc1ccc(C(C)(O)CNC(=O)NC2CCCC2(C)C)o1. The van der Waals surface area contributed by atoms with E-state index in [-0.39, 0.29) is 24.0 Å². The normalized spacial score (nSPS) is 23.6. The number of carbonyl (C=O) groups excluding carboxylic acids is 1. The summed E-state index contributed by atoms with van der Waals surface area (Å²) >= 11 is 0. The molecule has 3 N–H and O–H groups in total. The molecule has 0 aliphatic heterocycles. The van der Waals surface area contributed by atoms with Crippen molar-refractivity contribution < 1.29 is 14.3 Å². The molecule has 2 atom stereocenters. The highest BCUT2D eigenvalue weighted by molar-refractivity contribution is 5.74. The molecule has 1 aromatic rings. The van der Waals surface area contributed by atoms with Crippen LogP contribution in [0.25, 0.3) is 0 Å². The Morgan fingerprint density at radius 1 is 1.52 bits per heavy atom. The molecule has 1 heterocycles. The highest BCUT2D eigenvalue weighted by Crippen LogP contribution is 2.37. The van der Waals surface area contributed by atoms with Gasteiger partial charge in [-0.05, 0) is 44.2 Å². The summed E-state index contributed by atoms with van der Waals surface area (Å²) < 4.78 is 5.43. The fourth-order valence-corrected chi connectivity index (χ4v) is 2.87. The lowest BCUT2D eigenvalue weighted by molar-refractivity contribution is 0.0357. The first-order valence-electron chi connectivity index (χ1n) is 7.54. The van der Waals surface area contributed by atoms with Crippen molar-refractivity contribution in [3.63, 3.8) is 0 Å². The Bertz CT molecular complexity index is 505. The number of rotatable bonds is 4. The molecule has 0 radical (unpaired) electrons. The average Bonchev–Trinajstić information content (AvgIpc) is 2.95. The molecule has 0 saturated heterocycles. The molecule has 0 spiro atoms. The summed E-state index contributed by atoms with van der Waals surface area (Å²) in [5, 5.41) is 16.1. The molecule has 118 valence electrons. The zero-order valence-electron chi connectivity index (χ0n) is 13.3. The van der Waals surface area contributed by atoms with Gasteiger partial charge in [0.1, 0.15) is 17.1 Å². The largest absolute Gasteiger partial charge is 0.463 e. The summed E-state index contributed by atoms with van der Waals surface area (Å²) in [5.74, 6) is 1.20. The molecular formula is C16H26N2O3. The summed E-state index contributed by atoms with van der Waals surface area (Å²) in [5.41, 5.74) is -1.07. The minimum atomic E-state index is -1.21. The number of aliphatic hydroxyl groups is 1. The van der Waals surface area contributed by atoms with Crippen molar-refractivity contribution in [3.05, 3.63) is 23.7 Å². The van der Waals surface area contributed by atoms with Gasteiger partial charge in [0.2, 0.25) is 0 Å². The monoisotopic (exact) mass is 294 g/mol. The fraction of sp³-hybridized carbons (Fsp3) is 0.688. The van der Waals surface area contributed by atoms with Gasteiger partial charge in [-0.15, -0.1) is 0 Å². The van der Waals surface area contributed by atoms with Crippen LogP contribution in [0.15, 0.2) is 16.5 Å². The zero-order valence-corrected chi connectivity index (χ0v) is 13.3. The number of furan rings is 1. The van der Waals surface area contributed by atoms with Crippen LogP contribution >= 0.6 is 0 Å². The Hall–Kier alpha value is -1.49. The van der Waals surface area contributed by atoms with Crippen LogP contribution in [0.4, 0.5) is 4.79 Å². The molecule has 1 aromatic heterocycles. The number of hydrogen-bond donors (Lipinski definition) is 3. The van der Waals surface area contributed by atoms with Crippen LogP contribution < -0.4 is 10.6 Å². The number of hydrogen-bond acceptors (Lipinski definition) is 3. The van der Waals surface area contributed by atoms with Gasteiger partial charge in [0.25, 0.3) is 0 Å². The third-order valence-electron chi connectivity index (χ3n) is 4.43. The molecule has 2 amide bonds. The van der Waals surface area contributed by atoms with E-state index in [0.29, 0.717) is 5.76 Å². The fourth-order valence-electron chi connectivity index (χ4n) is 2.87. The number of urea groups is 1. The maximum absolute atomic E-state index is 12.0. The lowest BCUT2D eigenvalue weighted by Crippen LogP contribution is -2.49. The molecule has 0 bridgehead atoms. The van der Waals surface area contributed by atoms with Crippen molar-refractivity contribution in [1.82, 2.24) is 10.6 Å². The minimum Gasteiger partial charge on any atom is -0.463 e. The predicted molar refractivity (Wildman–Crippen MR) is 81.0 cm³/mol. The zero-order chi connectivity index (χ0) is 15.7. The summed E-state index contributed by atoms with van der Waals surface area (Å²) in [6, 6.07) is 3.48. The van der Waals surface area contributed by atoms with E-state index in [1.807, 2.05) is 6.92 Å². The van der Waals surface area contributed by atoms with Crippen LogP contribution in [-0.4, -0.2) is 23.7 Å². The van der Waals surface area contributed by atoms with Gasteiger partial charge in [-0.1, -0.05) is 20.3 Å². The molecule has 2 rings (SSSR count). The number of nitrogens with one attached hydrogen (secondary N) is 2. The van der Waals surface area contributed by atoms with E-state index in [1.54, 1.807) is 19.1 Å². The van der Waals surface area contributed by atoms with E-state index in [4.69, 9.17) is 4.42 Å². The highest BCUT2D eigenvalue weighted by atomic mass is 16.4. The van der Waals surface area contributed by atoms with Crippen LogP contribution in [0.3, 0.4) is 0 Å². The lowest BCUT2D eigenvalue weighted by atomic mass is 9.87. The maximum Gasteiger partial charge on any atom is 0.315 e. The van der Waals surface area contributed by atoms with Gasteiger partial charge < -0.3 is 20.2 Å². The quantitative estimate of drug-likeness (QED) is 0.799. The Morgan fingerprint density at radius 2 is 2.24 bits per heavy atom.